The van der Waals surface area contributed by atoms with E-state index in [0.717, 1.165) is 5.56 Å². The summed E-state index contributed by atoms with van der Waals surface area (Å²) in [5, 5.41) is 10.2. The predicted octanol–water partition coefficient (Wildman–Crippen LogP) is 1.64. The smallest absolute Gasteiger partial charge is 0.315 e. The van der Waals surface area contributed by atoms with Crippen molar-refractivity contribution < 1.29 is 14.5 Å². The molecule has 0 bridgehead atoms. The minimum Gasteiger partial charge on any atom is -0.460 e. The Bertz CT molecular complexity index is 364. The average Bonchev–Trinajstić information content (AvgIpc) is 2.26. The van der Waals surface area contributed by atoms with Gasteiger partial charge >= 0.3 is 5.97 Å². The number of hydrogen-bond donors (Lipinski definition) is 0. The zero-order valence-corrected chi connectivity index (χ0v) is 8.96. The summed E-state index contributed by atoms with van der Waals surface area (Å²) in [5.74, 6) is -1.25. The van der Waals surface area contributed by atoms with Crippen LogP contribution in [0, 0.1) is 16.0 Å². The molecule has 0 aliphatic heterocycles. The Morgan fingerprint density at radius 2 is 2.06 bits per heavy atom. The van der Waals surface area contributed by atoms with Crippen molar-refractivity contribution in [1.82, 2.24) is 0 Å². The molecular weight excluding hydrogens is 210 g/mol. The van der Waals surface area contributed by atoms with Gasteiger partial charge in [0.25, 0.3) is 0 Å². The zero-order chi connectivity index (χ0) is 12.0. The van der Waals surface area contributed by atoms with E-state index in [2.05, 4.69) is 0 Å². The highest BCUT2D eigenvalue weighted by Crippen LogP contribution is 2.04. The van der Waals surface area contributed by atoms with Gasteiger partial charge in [0.05, 0.1) is 0 Å². The second kappa shape index (κ2) is 5.85. The summed E-state index contributed by atoms with van der Waals surface area (Å²) in [5.41, 5.74) is 0.865. The molecule has 0 N–H and O–H groups in total. The number of benzene rings is 1. The SMILES string of the molecule is C[C@H](C[N+](=O)[O-])C(=O)OCc1ccccc1. The van der Waals surface area contributed by atoms with Gasteiger partial charge in [-0.2, -0.15) is 0 Å². The Morgan fingerprint density at radius 1 is 1.44 bits per heavy atom. The van der Waals surface area contributed by atoms with Gasteiger partial charge in [0.1, 0.15) is 12.5 Å². The van der Waals surface area contributed by atoms with Crippen molar-refractivity contribution in [3.8, 4) is 0 Å². The lowest BCUT2D eigenvalue weighted by Gasteiger charge is -2.07. The van der Waals surface area contributed by atoms with E-state index in [-0.39, 0.29) is 6.61 Å². The van der Waals surface area contributed by atoms with Gasteiger partial charge in [-0.25, -0.2) is 0 Å². The molecule has 0 saturated heterocycles. The lowest BCUT2D eigenvalue weighted by atomic mass is 10.2. The Hall–Kier alpha value is -1.91. The standard InChI is InChI=1S/C11H13NO4/c1-9(7-12(14)15)11(13)16-8-10-5-3-2-4-6-10/h2-6,9H,7-8H2,1H3/t9-/m1/s1. The number of carbonyl (C=O) groups excluding carboxylic acids is 1. The van der Waals surface area contributed by atoms with Crippen LogP contribution in [-0.4, -0.2) is 17.4 Å². The van der Waals surface area contributed by atoms with Crippen LogP contribution in [0.3, 0.4) is 0 Å². The second-order valence-electron chi connectivity index (χ2n) is 3.51. The van der Waals surface area contributed by atoms with Gasteiger partial charge in [-0.1, -0.05) is 30.3 Å². The number of carbonyl (C=O) groups is 1. The van der Waals surface area contributed by atoms with Crippen molar-refractivity contribution in [2.45, 2.75) is 13.5 Å². The van der Waals surface area contributed by atoms with Crippen molar-refractivity contribution in [2.24, 2.45) is 5.92 Å². The van der Waals surface area contributed by atoms with Crippen LogP contribution in [0.4, 0.5) is 0 Å². The van der Waals surface area contributed by atoms with Crippen LogP contribution in [0.1, 0.15) is 12.5 Å². The van der Waals surface area contributed by atoms with Crippen LogP contribution >= 0.6 is 0 Å². The number of esters is 1. The third-order valence-electron chi connectivity index (χ3n) is 2.05. The molecule has 0 spiro atoms. The molecule has 1 rings (SSSR count). The van der Waals surface area contributed by atoms with Crippen molar-refractivity contribution in [1.29, 1.82) is 0 Å². The molecular formula is C11H13NO4. The van der Waals surface area contributed by atoms with Crippen LogP contribution < -0.4 is 0 Å². The Morgan fingerprint density at radius 3 is 2.62 bits per heavy atom. The van der Waals surface area contributed by atoms with Crippen LogP contribution in [-0.2, 0) is 16.1 Å². The van der Waals surface area contributed by atoms with Crippen molar-refractivity contribution in [3.63, 3.8) is 0 Å². The van der Waals surface area contributed by atoms with Gasteiger partial charge in [-0.3, -0.25) is 14.9 Å². The van der Waals surface area contributed by atoms with E-state index in [1.54, 1.807) is 0 Å². The van der Waals surface area contributed by atoms with E-state index in [0.29, 0.717) is 0 Å². The van der Waals surface area contributed by atoms with Gasteiger partial charge in [-0.05, 0) is 12.5 Å². The summed E-state index contributed by atoms with van der Waals surface area (Å²) in [6.45, 7) is 1.24. The largest absolute Gasteiger partial charge is 0.460 e. The van der Waals surface area contributed by atoms with E-state index < -0.39 is 23.4 Å². The molecule has 0 heterocycles. The molecule has 5 heteroatoms. The first-order valence-electron chi connectivity index (χ1n) is 4.92. The lowest BCUT2D eigenvalue weighted by molar-refractivity contribution is -0.485. The normalized spacial score (nSPS) is 11.8. The van der Waals surface area contributed by atoms with Crippen LogP contribution in [0.25, 0.3) is 0 Å². The maximum atomic E-state index is 11.3. The number of nitro groups is 1. The van der Waals surface area contributed by atoms with Gasteiger partial charge in [0, 0.05) is 4.92 Å². The summed E-state index contributed by atoms with van der Waals surface area (Å²) in [6, 6.07) is 9.19. The number of nitrogens with zero attached hydrogens (tertiary/aromatic N) is 1. The van der Waals surface area contributed by atoms with Gasteiger partial charge in [0.2, 0.25) is 6.54 Å². The van der Waals surface area contributed by atoms with Gasteiger partial charge in [-0.15, -0.1) is 0 Å². The Kier molecular flexibility index (Phi) is 4.44. The number of hydrogen-bond acceptors (Lipinski definition) is 4. The van der Waals surface area contributed by atoms with E-state index in [9.17, 15) is 14.9 Å². The summed E-state index contributed by atoms with van der Waals surface area (Å²) in [4.78, 5) is 21.0. The summed E-state index contributed by atoms with van der Waals surface area (Å²) in [7, 11) is 0. The Balaban J connectivity index is 2.38. The summed E-state index contributed by atoms with van der Waals surface area (Å²) >= 11 is 0. The van der Waals surface area contributed by atoms with E-state index >= 15 is 0 Å². The second-order valence-corrected chi connectivity index (χ2v) is 3.51. The minimum atomic E-state index is -0.710. The molecule has 0 aromatic heterocycles. The highest BCUT2D eigenvalue weighted by Gasteiger charge is 2.19. The molecule has 5 nitrogen and oxygen atoms in total. The predicted molar refractivity (Wildman–Crippen MR) is 57.3 cm³/mol. The highest BCUT2D eigenvalue weighted by atomic mass is 16.6. The molecule has 86 valence electrons. The third-order valence-corrected chi connectivity index (χ3v) is 2.05. The molecule has 0 aliphatic carbocycles. The molecule has 1 atom stereocenters. The quantitative estimate of drug-likeness (QED) is 0.432. The fraction of sp³-hybridized carbons (Fsp3) is 0.364. The molecule has 0 amide bonds. The highest BCUT2D eigenvalue weighted by molar-refractivity contribution is 5.72. The first kappa shape index (κ1) is 12.2. The molecule has 0 saturated carbocycles. The van der Waals surface area contributed by atoms with Crippen molar-refractivity contribution in [2.75, 3.05) is 6.54 Å². The molecule has 1 aromatic carbocycles. The molecule has 16 heavy (non-hydrogen) atoms. The van der Waals surface area contributed by atoms with Crippen LogP contribution in [0.5, 0.6) is 0 Å². The van der Waals surface area contributed by atoms with Crippen molar-refractivity contribution >= 4 is 5.97 Å². The van der Waals surface area contributed by atoms with Crippen molar-refractivity contribution in [3.05, 3.63) is 46.0 Å². The van der Waals surface area contributed by atoms with Gasteiger partial charge < -0.3 is 4.74 Å². The van der Waals surface area contributed by atoms with Crippen LogP contribution in [0.2, 0.25) is 0 Å². The summed E-state index contributed by atoms with van der Waals surface area (Å²) < 4.78 is 4.95. The Labute approximate surface area is 93.2 Å². The maximum absolute atomic E-state index is 11.3. The van der Waals surface area contributed by atoms with E-state index in [4.69, 9.17) is 4.74 Å². The molecule has 1 aromatic rings. The molecule has 0 unspecified atom stereocenters. The maximum Gasteiger partial charge on any atom is 0.315 e. The average molecular weight is 223 g/mol. The van der Waals surface area contributed by atoms with E-state index in [1.165, 1.54) is 6.92 Å². The fourth-order valence-electron chi connectivity index (χ4n) is 1.17. The fourth-order valence-corrected chi connectivity index (χ4v) is 1.17. The first-order chi connectivity index (χ1) is 7.59. The zero-order valence-electron chi connectivity index (χ0n) is 8.96. The van der Waals surface area contributed by atoms with E-state index in [1.807, 2.05) is 30.3 Å². The lowest BCUT2D eigenvalue weighted by Crippen LogP contribution is -2.22. The minimum absolute atomic E-state index is 0.154. The molecule has 0 aliphatic rings. The monoisotopic (exact) mass is 223 g/mol. The third kappa shape index (κ3) is 4.08. The first-order valence-corrected chi connectivity index (χ1v) is 4.92. The topological polar surface area (TPSA) is 69.4 Å². The van der Waals surface area contributed by atoms with Gasteiger partial charge in [0.15, 0.2) is 0 Å². The number of ether oxygens (including phenoxy) is 1. The molecule has 0 fully saturated rings. The summed E-state index contributed by atoms with van der Waals surface area (Å²) in [6.07, 6.45) is 0. The van der Waals surface area contributed by atoms with Crippen LogP contribution in [0.15, 0.2) is 30.3 Å². The molecule has 0 radical (unpaired) electrons. The number of rotatable bonds is 5.